The fourth-order valence-electron chi connectivity index (χ4n) is 1.36. The van der Waals surface area contributed by atoms with Gasteiger partial charge in [0.1, 0.15) is 21.4 Å². The van der Waals surface area contributed by atoms with Gasteiger partial charge in [-0.15, -0.1) is 0 Å². The minimum absolute atomic E-state index is 0.181. The molecule has 1 atom stereocenters. The van der Waals surface area contributed by atoms with Gasteiger partial charge in [0, 0.05) is 12.0 Å². The smallest absolute Gasteiger partial charge is 0.147 e. The van der Waals surface area contributed by atoms with Gasteiger partial charge in [-0.3, -0.25) is 0 Å². The van der Waals surface area contributed by atoms with Gasteiger partial charge in [0.2, 0.25) is 0 Å². The van der Waals surface area contributed by atoms with Crippen LogP contribution in [0.3, 0.4) is 0 Å². The Labute approximate surface area is 90.4 Å². The molecule has 5 heteroatoms. The molecule has 0 bridgehead atoms. The third kappa shape index (κ3) is 4.48. The zero-order valence-electron chi connectivity index (χ0n) is 9.06. The molecule has 1 aromatic heterocycles. The van der Waals surface area contributed by atoms with Crippen molar-refractivity contribution in [2.75, 3.05) is 12.0 Å². The highest BCUT2D eigenvalue weighted by molar-refractivity contribution is 7.90. The van der Waals surface area contributed by atoms with Gasteiger partial charge in [0.05, 0.1) is 6.04 Å². The molecule has 1 rings (SSSR count). The van der Waals surface area contributed by atoms with Crippen molar-refractivity contribution in [3.8, 4) is 0 Å². The monoisotopic (exact) mass is 231 g/mol. The summed E-state index contributed by atoms with van der Waals surface area (Å²) in [7, 11) is -2.88. The highest BCUT2D eigenvalue weighted by Gasteiger charge is 2.11. The van der Waals surface area contributed by atoms with E-state index in [2.05, 4.69) is 0 Å². The summed E-state index contributed by atoms with van der Waals surface area (Å²) in [5.74, 6) is 1.73. The summed E-state index contributed by atoms with van der Waals surface area (Å²) in [5, 5.41) is 0. The number of sulfone groups is 1. The van der Waals surface area contributed by atoms with Crippen LogP contribution < -0.4 is 5.73 Å². The molecule has 0 fully saturated rings. The molecular weight excluding hydrogens is 214 g/mol. The number of hydrogen-bond acceptors (Lipinski definition) is 4. The Morgan fingerprint density at radius 2 is 2.13 bits per heavy atom. The normalized spacial score (nSPS) is 14.1. The van der Waals surface area contributed by atoms with Gasteiger partial charge in [0.25, 0.3) is 0 Å². The zero-order valence-corrected chi connectivity index (χ0v) is 9.88. The van der Waals surface area contributed by atoms with Crippen LogP contribution in [0.5, 0.6) is 0 Å². The lowest BCUT2D eigenvalue weighted by atomic mass is 10.1. The van der Waals surface area contributed by atoms with Gasteiger partial charge in [-0.2, -0.15) is 0 Å². The molecule has 1 aromatic rings. The molecule has 0 amide bonds. The van der Waals surface area contributed by atoms with Gasteiger partial charge < -0.3 is 10.2 Å². The Morgan fingerprint density at radius 1 is 1.47 bits per heavy atom. The third-order valence-electron chi connectivity index (χ3n) is 2.16. The van der Waals surface area contributed by atoms with E-state index in [1.165, 1.54) is 6.26 Å². The maximum atomic E-state index is 10.9. The first kappa shape index (κ1) is 12.3. The van der Waals surface area contributed by atoms with Crippen LogP contribution in [0.1, 0.15) is 30.4 Å². The van der Waals surface area contributed by atoms with Crippen LogP contribution in [-0.2, 0) is 9.84 Å². The summed E-state index contributed by atoms with van der Waals surface area (Å²) in [6, 6.07) is 3.48. The topological polar surface area (TPSA) is 73.3 Å². The lowest BCUT2D eigenvalue weighted by molar-refractivity contribution is 0.432. The molecule has 0 aliphatic rings. The quantitative estimate of drug-likeness (QED) is 0.831. The second kappa shape index (κ2) is 4.81. The molecular formula is C10H17NO3S. The molecule has 0 aromatic carbocycles. The number of rotatable bonds is 5. The first-order valence-electron chi connectivity index (χ1n) is 4.88. The number of nitrogens with two attached hydrogens (primary N) is 1. The van der Waals surface area contributed by atoms with Gasteiger partial charge in [0.15, 0.2) is 0 Å². The van der Waals surface area contributed by atoms with E-state index in [1.54, 1.807) is 0 Å². The average molecular weight is 231 g/mol. The largest absolute Gasteiger partial charge is 0.465 e. The molecule has 0 saturated carbocycles. The Bertz CT molecular complexity index is 408. The molecule has 86 valence electrons. The van der Waals surface area contributed by atoms with E-state index in [0.29, 0.717) is 12.8 Å². The SMILES string of the molecule is Cc1ccc(C(N)CCCS(C)(=O)=O)o1. The van der Waals surface area contributed by atoms with E-state index in [4.69, 9.17) is 10.2 Å². The van der Waals surface area contributed by atoms with Crippen molar-refractivity contribution < 1.29 is 12.8 Å². The number of hydrogen-bond donors (Lipinski definition) is 1. The van der Waals surface area contributed by atoms with Crippen LogP contribution in [0.25, 0.3) is 0 Å². The maximum Gasteiger partial charge on any atom is 0.147 e. The lowest BCUT2D eigenvalue weighted by Gasteiger charge is -2.07. The number of furan rings is 1. The zero-order chi connectivity index (χ0) is 11.5. The summed E-state index contributed by atoms with van der Waals surface area (Å²) >= 11 is 0. The lowest BCUT2D eigenvalue weighted by Crippen LogP contribution is -2.12. The van der Waals surface area contributed by atoms with Gasteiger partial charge >= 0.3 is 0 Å². The third-order valence-corrected chi connectivity index (χ3v) is 3.19. The second-order valence-electron chi connectivity index (χ2n) is 3.83. The van der Waals surface area contributed by atoms with Crippen molar-refractivity contribution in [1.82, 2.24) is 0 Å². The first-order chi connectivity index (χ1) is 6.88. The van der Waals surface area contributed by atoms with Crippen LogP contribution in [0, 0.1) is 6.92 Å². The average Bonchev–Trinajstić information content (AvgIpc) is 2.49. The summed E-state index contributed by atoms with van der Waals surface area (Å²) < 4.78 is 27.1. The highest BCUT2D eigenvalue weighted by atomic mass is 32.2. The predicted molar refractivity (Wildman–Crippen MR) is 59.3 cm³/mol. The Kier molecular flexibility index (Phi) is 3.93. The van der Waals surface area contributed by atoms with Crippen molar-refractivity contribution in [2.24, 2.45) is 5.73 Å². The summed E-state index contributed by atoms with van der Waals surface area (Å²) in [4.78, 5) is 0. The molecule has 0 aliphatic heterocycles. The van der Waals surface area contributed by atoms with E-state index in [0.717, 1.165) is 11.5 Å². The highest BCUT2D eigenvalue weighted by Crippen LogP contribution is 2.18. The van der Waals surface area contributed by atoms with Crippen LogP contribution in [0.15, 0.2) is 16.5 Å². The molecule has 1 heterocycles. The van der Waals surface area contributed by atoms with Crippen LogP contribution in [0.4, 0.5) is 0 Å². The summed E-state index contributed by atoms with van der Waals surface area (Å²) in [5.41, 5.74) is 5.85. The fourth-order valence-corrected chi connectivity index (χ4v) is 2.05. The van der Waals surface area contributed by atoms with E-state index >= 15 is 0 Å². The molecule has 0 radical (unpaired) electrons. The standard InChI is InChI=1S/C10H17NO3S/c1-8-5-6-10(14-8)9(11)4-3-7-15(2,12)13/h5-6,9H,3-4,7,11H2,1-2H3. The Morgan fingerprint density at radius 3 is 2.60 bits per heavy atom. The van der Waals surface area contributed by atoms with Gasteiger partial charge in [-0.1, -0.05) is 0 Å². The molecule has 15 heavy (non-hydrogen) atoms. The molecule has 0 saturated heterocycles. The molecule has 0 spiro atoms. The van der Waals surface area contributed by atoms with Crippen LogP contribution >= 0.6 is 0 Å². The Hall–Kier alpha value is -0.810. The van der Waals surface area contributed by atoms with E-state index in [-0.39, 0.29) is 11.8 Å². The van der Waals surface area contributed by atoms with E-state index in [9.17, 15) is 8.42 Å². The minimum atomic E-state index is -2.88. The van der Waals surface area contributed by atoms with Crippen molar-refractivity contribution in [3.63, 3.8) is 0 Å². The molecule has 4 nitrogen and oxygen atoms in total. The van der Waals surface area contributed by atoms with Crippen molar-refractivity contribution in [2.45, 2.75) is 25.8 Å². The van der Waals surface area contributed by atoms with Crippen molar-refractivity contribution in [1.29, 1.82) is 0 Å². The predicted octanol–water partition coefficient (Wildman–Crippen LogP) is 1.41. The molecule has 1 unspecified atom stereocenters. The molecule has 2 N–H and O–H groups in total. The first-order valence-corrected chi connectivity index (χ1v) is 6.94. The minimum Gasteiger partial charge on any atom is -0.465 e. The number of aryl methyl sites for hydroxylation is 1. The van der Waals surface area contributed by atoms with E-state index < -0.39 is 9.84 Å². The Balaban J connectivity index is 2.40. The van der Waals surface area contributed by atoms with Crippen molar-refractivity contribution in [3.05, 3.63) is 23.7 Å². The fraction of sp³-hybridized carbons (Fsp3) is 0.600. The van der Waals surface area contributed by atoms with Crippen LogP contribution in [-0.4, -0.2) is 20.4 Å². The van der Waals surface area contributed by atoms with Gasteiger partial charge in [-0.05, 0) is 31.9 Å². The second-order valence-corrected chi connectivity index (χ2v) is 6.09. The summed E-state index contributed by atoms with van der Waals surface area (Å²) in [6.45, 7) is 1.85. The van der Waals surface area contributed by atoms with E-state index in [1.807, 2.05) is 19.1 Å². The molecule has 0 aliphatic carbocycles. The van der Waals surface area contributed by atoms with Crippen LogP contribution in [0.2, 0.25) is 0 Å². The summed E-state index contributed by atoms with van der Waals surface area (Å²) in [6.07, 6.45) is 2.43. The van der Waals surface area contributed by atoms with Crippen molar-refractivity contribution >= 4 is 9.84 Å². The maximum absolute atomic E-state index is 10.9. The van der Waals surface area contributed by atoms with Gasteiger partial charge in [-0.25, -0.2) is 8.42 Å².